The van der Waals surface area contributed by atoms with Crippen molar-refractivity contribution in [1.82, 2.24) is 14.3 Å². The maximum Gasteiger partial charge on any atom is 0.252 e. The number of sulfonamides is 1. The first-order valence-electron chi connectivity index (χ1n) is 7.34. The third-order valence-corrected chi connectivity index (χ3v) is 5.32. The second kappa shape index (κ2) is 5.82. The van der Waals surface area contributed by atoms with Crippen LogP contribution in [0.3, 0.4) is 0 Å². The average molecular weight is 337 g/mol. The third-order valence-electron chi connectivity index (χ3n) is 4.05. The summed E-state index contributed by atoms with van der Waals surface area (Å²) in [5, 5.41) is 4.06. The summed E-state index contributed by atoms with van der Waals surface area (Å²) in [5.74, 6) is -0.570. The highest BCUT2D eigenvalue weighted by Crippen LogP contribution is 2.27. The van der Waals surface area contributed by atoms with Crippen LogP contribution in [0.2, 0.25) is 0 Å². The van der Waals surface area contributed by atoms with Gasteiger partial charge in [-0.3, -0.25) is 4.79 Å². The Morgan fingerprint density at radius 2 is 2.30 bits per heavy atom. The molecule has 0 aromatic carbocycles. The molecule has 0 spiro atoms. The zero-order valence-corrected chi connectivity index (χ0v) is 13.6. The van der Waals surface area contributed by atoms with Crippen molar-refractivity contribution >= 4 is 32.7 Å². The van der Waals surface area contributed by atoms with Gasteiger partial charge in [0.1, 0.15) is 5.65 Å². The first-order chi connectivity index (χ1) is 10.9. The Morgan fingerprint density at radius 1 is 1.52 bits per heavy atom. The van der Waals surface area contributed by atoms with Crippen LogP contribution in [0.15, 0.2) is 18.5 Å². The molecule has 1 saturated heterocycles. The average Bonchev–Trinajstić information content (AvgIpc) is 2.95. The molecule has 1 aliphatic rings. The highest BCUT2D eigenvalue weighted by Gasteiger charge is 2.27. The van der Waals surface area contributed by atoms with Crippen molar-refractivity contribution in [3.8, 4) is 0 Å². The van der Waals surface area contributed by atoms with Gasteiger partial charge in [-0.1, -0.05) is 0 Å². The number of anilines is 1. The third kappa shape index (κ3) is 3.15. The number of H-pyrrole nitrogens is 1. The van der Waals surface area contributed by atoms with Crippen molar-refractivity contribution in [2.45, 2.75) is 18.9 Å². The van der Waals surface area contributed by atoms with E-state index < -0.39 is 15.9 Å². The fourth-order valence-electron chi connectivity index (χ4n) is 2.92. The number of hydrogen-bond acceptors (Lipinski definition) is 5. The number of amides is 1. The normalized spacial score (nSPS) is 19.8. The van der Waals surface area contributed by atoms with Gasteiger partial charge in [0.25, 0.3) is 5.91 Å². The van der Waals surface area contributed by atoms with Crippen LogP contribution in [-0.4, -0.2) is 54.0 Å². The summed E-state index contributed by atoms with van der Waals surface area (Å²) in [7, 11) is -3.23. The molecule has 23 heavy (non-hydrogen) atoms. The number of nitrogens with zero attached hydrogens (tertiary/aromatic N) is 2. The number of fused-ring (bicyclic) bond motifs is 1. The van der Waals surface area contributed by atoms with Gasteiger partial charge in [-0.05, 0) is 18.9 Å². The van der Waals surface area contributed by atoms with E-state index in [-0.39, 0.29) is 6.04 Å². The number of pyridine rings is 1. The van der Waals surface area contributed by atoms with Crippen LogP contribution in [-0.2, 0) is 10.0 Å². The van der Waals surface area contributed by atoms with Gasteiger partial charge >= 0.3 is 0 Å². The summed E-state index contributed by atoms with van der Waals surface area (Å²) in [6.45, 7) is 0.890. The molecule has 8 nitrogen and oxygen atoms in total. The van der Waals surface area contributed by atoms with E-state index in [1.807, 2.05) is 6.07 Å². The SMILES string of the molecule is CS(=O)(=O)N1CCC[C@@H](Nc2c(C(N)=O)cnc3[nH]ccc23)C1. The zero-order chi connectivity index (χ0) is 16.6. The minimum Gasteiger partial charge on any atom is -0.380 e. The van der Waals surface area contributed by atoms with E-state index >= 15 is 0 Å². The molecule has 124 valence electrons. The maximum absolute atomic E-state index is 11.7. The molecular formula is C14H19N5O3S. The zero-order valence-electron chi connectivity index (χ0n) is 12.7. The molecule has 0 radical (unpaired) electrons. The predicted molar refractivity (Wildman–Crippen MR) is 87.7 cm³/mol. The van der Waals surface area contributed by atoms with Crippen molar-refractivity contribution in [2.24, 2.45) is 5.73 Å². The molecule has 1 aliphatic heterocycles. The molecule has 0 aliphatic carbocycles. The number of piperidine rings is 1. The molecule has 0 unspecified atom stereocenters. The van der Waals surface area contributed by atoms with Crippen molar-refractivity contribution in [2.75, 3.05) is 24.7 Å². The quantitative estimate of drug-likeness (QED) is 0.750. The number of rotatable bonds is 4. The van der Waals surface area contributed by atoms with Gasteiger partial charge in [-0.15, -0.1) is 0 Å². The molecular weight excluding hydrogens is 318 g/mol. The van der Waals surface area contributed by atoms with Crippen LogP contribution in [0.5, 0.6) is 0 Å². The molecule has 2 aromatic heterocycles. The van der Waals surface area contributed by atoms with Crippen molar-refractivity contribution in [3.63, 3.8) is 0 Å². The van der Waals surface area contributed by atoms with E-state index in [1.165, 1.54) is 16.8 Å². The van der Waals surface area contributed by atoms with Gasteiger partial charge in [0, 0.05) is 36.9 Å². The first-order valence-corrected chi connectivity index (χ1v) is 9.18. The van der Waals surface area contributed by atoms with E-state index in [9.17, 15) is 13.2 Å². The van der Waals surface area contributed by atoms with E-state index in [2.05, 4.69) is 15.3 Å². The Kier molecular flexibility index (Phi) is 3.99. The van der Waals surface area contributed by atoms with Crippen LogP contribution < -0.4 is 11.1 Å². The smallest absolute Gasteiger partial charge is 0.252 e. The number of carbonyl (C=O) groups is 1. The Hall–Kier alpha value is -2.13. The molecule has 1 atom stereocenters. The number of nitrogens with one attached hydrogen (secondary N) is 2. The fourth-order valence-corrected chi connectivity index (χ4v) is 3.83. The molecule has 3 heterocycles. The lowest BCUT2D eigenvalue weighted by atomic mass is 10.1. The lowest BCUT2D eigenvalue weighted by Gasteiger charge is -2.32. The van der Waals surface area contributed by atoms with Crippen LogP contribution >= 0.6 is 0 Å². The summed E-state index contributed by atoms with van der Waals surface area (Å²) < 4.78 is 24.9. The van der Waals surface area contributed by atoms with E-state index in [0.29, 0.717) is 30.0 Å². The molecule has 9 heteroatoms. The van der Waals surface area contributed by atoms with Crippen molar-refractivity contribution in [1.29, 1.82) is 0 Å². The molecule has 3 rings (SSSR count). The summed E-state index contributed by atoms with van der Waals surface area (Å²) in [4.78, 5) is 18.8. The Labute approximate surface area is 134 Å². The lowest BCUT2D eigenvalue weighted by Crippen LogP contribution is -2.44. The monoisotopic (exact) mass is 337 g/mol. The number of aromatic amines is 1. The molecule has 0 saturated carbocycles. The van der Waals surface area contributed by atoms with Crippen molar-refractivity contribution < 1.29 is 13.2 Å². The van der Waals surface area contributed by atoms with Gasteiger partial charge in [0.2, 0.25) is 10.0 Å². The second-order valence-electron chi connectivity index (χ2n) is 5.76. The van der Waals surface area contributed by atoms with Gasteiger partial charge in [-0.25, -0.2) is 17.7 Å². The summed E-state index contributed by atoms with van der Waals surface area (Å²) in [5.41, 5.74) is 6.99. The van der Waals surface area contributed by atoms with Crippen LogP contribution in [0.4, 0.5) is 5.69 Å². The first kappa shape index (κ1) is 15.8. The predicted octanol–water partition coefficient (Wildman–Crippen LogP) is 0.498. The minimum atomic E-state index is -3.23. The second-order valence-corrected chi connectivity index (χ2v) is 7.74. The maximum atomic E-state index is 11.7. The Balaban J connectivity index is 1.93. The summed E-state index contributed by atoms with van der Waals surface area (Å²) in [6, 6.07) is 1.73. The van der Waals surface area contributed by atoms with Gasteiger partial charge < -0.3 is 16.0 Å². The number of hydrogen-bond donors (Lipinski definition) is 3. The lowest BCUT2D eigenvalue weighted by molar-refractivity contribution is 0.100. The van der Waals surface area contributed by atoms with E-state index in [4.69, 9.17) is 5.73 Å². The number of aromatic nitrogens is 2. The highest BCUT2D eigenvalue weighted by molar-refractivity contribution is 7.88. The summed E-state index contributed by atoms with van der Waals surface area (Å²) >= 11 is 0. The molecule has 1 fully saturated rings. The van der Waals surface area contributed by atoms with Crippen LogP contribution in [0.25, 0.3) is 11.0 Å². The Bertz CT molecular complexity index is 845. The molecule has 4 N–H and O–H groups in total. The summed E-state index contributed by atoms with van der Waals surface area (Å²) in [6.07, 6.45) is 5.95. The number of primary amides is 1. The number of carbonyl (C=O) groups excluding carboxylic acids is 1. The van der Waals surface area contributed by atoms with Crippen LogP contribution in [0.1, 0.15) is 23.2 Å². The largest absolute Gasteiger partial charge is 0.380 e. The molecule has 1 amide bonds. The van der Waals surface area contributed by atoms with Gasteiger partial charge in [0.05, 0.1) is 17.5 Å². The Morgan fingerprint density at radius 3 is 3.00 bits per heavy atom. The van der Waals surface area contributed by atoms with E-state index in [1.54, 1.807) is 6.20 Å². The standard InChI is InChI=1S/C14H19N5O3S/c1-23(21,22)19-6-2-3-9(8-19)18-12-10-4-5-16-14(10)17-7-11(12)13(15)20/h4-5,7,9H,2-3,6,8H2,1H3,(H2,15,20)(H2,16,17,18)/t9-/m1/s1. The highest BCUT2D eigenvalue weighted by atomic mass is 32.2. The van der Waals surface area contributed by atoms with Crippen molar-refractivity contribution in [3.05, 3.63) is 24.0 Å². The topological polar surface area (TPSA) is 121 Å². The van der Waals surface area contributed by atoms with Gasteiger partial charge in [0.15, 0.2) is 0 Å². The van der Waals surface area contributed by atoms with Gasteiger partial charge in [-0.2, -0.15) is 0 Å². The molecule has 0 bridgehead atoms. The van der Waals surface area contributed by atoms with E-state index in [0.717, 1.165) is 18.2 Å². The molecule has 2 aromatic rings. The minimum absolute atomic E-state index is 0.0860. The fraction of sp³-hybridized carbons (Fsp3) is 0.429. The number of nitrogens with two attached hydrogens (primary N) is 1. The van der Waals surface area contributed by atoms with Crippen LogP contribution in [0, 0.1) is 0 Å².